The van der Waals surface area contributed by atoms with Gasteiger partial charge in [0.2, 0.25) is 11.8 Å². The molecule has 1 aromatic rings. The minimum atomic E-state index is -0.0100. The van der Waals surface area contributed by atoms with E-state index in [0.29, 0.717) is 31.3 Å². The Morgan fingerprint density at radius 3 is 2.76 bits per heavy atom. The molecule has 1 aliphatic heterocycles. The highest BCUT2D eigenvalue weighted by atomic mass is 16.2. The van der Waals surface area contributed by atoms with Crippen molar-refractivity contribution in [3.05, 3.63) is 35.4 Å². The van der Waals surface area contributed by atoms with Gasteiger partial charge in [-0.15, -0.1) is 0 Å². The minimum absolute atomic E-state index is 0.0100. The number of hydrogen-bond donors (Lipinski definition) is 2. The molecule has 1 heterocycles. The highest BCUT2D eigenvalue weighted by Gasteiger charge is 2.48. The van der Waals surface area contributed by atoms with Gasteiger partial charge in [-0.25, -0.2) is 0 Å². The Balaban J connectivity index is 1.34. The topological polar surface area (TPSA) is 75.4 Å². The van der Waals surface area contributed by atoms with Gasteiger partial charge < -0.3 is 16.0 Å². The number of hydrogen-bond acceptors (Lipinski definition) is 3. The van der Waals surface area contributed by atoms with E-state index < -0.39 is 0 Å². The molecule has 3 fully saturated rings. The molecule has 3 aliphatic rings. The van der Waals surface area contributed by atoms with Crippen LogP contribution in [0.15, 0.2) is 24.3 Å². The quantitative estimate of drug-likeness (QED) is 0.857. The summed E-state index contributed by atoms with van der Waals surface area (Å²) >= 11 is 0. The Labute approximate surface area is 148 Å². The first-order valence-electron chi connectivity index (χ1n) is 9.50. The molecule has 4 unspecified atom stereocenters. The first-order chi connectivity index (χ1) is 12.1. The number of nitrogens with two attached hydrogens (primary N) is 1. The van der Waals surface area contributed by atoms with Gasteiger partial charge in [0.15, 0.2) is 0 Å². The van der Waals surface area contributed by atoms with Crippen molar-refractivity contribution in [3.63, 3.8) is 0 Å². The van der Waals surface area contributed by atoms with Crippen LogP contribution in [0.2, 0.25) is 0 Å². The summed E-state index contributed by atoms with van der Waals surface area (Å²) in [5.74, 6) is 1.36. The van der Waals surface area contributed by atoms with E-state index in [1.807, 2.05) is 23.1 Å². The van der Waals surface area contributed by atoms with E-state index in [0.717, 1.165) is 36.9 Å². The smallest absolute Gasteiger partial charge is 0.225 e. The zero-order valence-corrected chi connectivity index (χ0v) is 14.6. The molecule has 4 rings (SSSR count). The minimum Gasteiger partial charge on any atom is -0.352 e. The summed E-state index contributed by atoms with van der Waals surface area (Å²) < 4.78 is 0. The molecule has 4 atom stereocenters. The standard InChI is InChI=1S/C20H27N3O2/c21-19-16-7-6-15(10-16)18(19)20(25)22-11-13-3-1-4-14(9-13)12-23-8-2-5-17(23)24/h1,3-4,9,15-16,18-19H,2,5-8,10-12,21H2,(H,22,25). The van der Waals surface area contributed by atoms with E-state index >= 15 is 0 Å². The van der Waals surface area contributed by atoms with Crippen molar-refractivity contribution in [3.8, 4) is 0 Å². The van der Waals surface area contributed by atoms with Crippen molar-refractivity contribution in [2.45, 2.75) is 51.2 Å². The van der Waals surface area contributed by atoms with E-state index in [1.165, 1.54) is 6.42 Å². The van der Waals surface area contributed by atoms with E-state index in [1.54, 1.807) is 0 Å². The molecule has 134 valence electrons. The lowest BCUT2D eigenvalue weighted by Crippen LogP contribution is -2.45. The SMILES string of the molecule is NC1C2CCC(C2)C1C(=O)NCc1cccc(CN2CCCC2=O)c1. The van der Waals surface area contributed by atoms with Gasteiger partial charge in [-0.1, -0.05) is 24.3 Å². The second kappa shape index (κ2) is 6.79. The number of carbonyl (C=O) groups is 2. The molecule has 0 spiro atoms. The van der Waals surface area contributed by atoms with Gasteiger partial charge in [-0.2, -0.15) is 0 Å². The molecule has 3 N–H and O–H groups in total. The molecule has 2 aliphatic carbocycles. The van der Waals surface area contributed by atoms with E-state index in [9.17, 15) is 9.59 Å². The van der Waals surface area contributed by atoms with Crippen molar-refractivity contribution in [1.82, 2.24) is 10.2 Å². The normalized spacial score (nSPS) is 30.9. The largest absolute Gasteiger partial charge is 0.352 e. The van der Waals surface area contributed by atoms with Crippen LogP contribution < -0.4 is 11.1 Å². The summed E-state index contributed by atoms with van der Waals surface area (Å²) in [7, 11) is 0. The summed E-state index contributed by atoms with van der Waals surface area (Å²) in [6.45, 7) is 2.04. The average molecular weight is 341 g/mol. The van der Waals surface area contributed by atoms with Crippen LogP contribution in [0, 0.1) is 17.8 Å². The molecule has 0 aromatic heterocycles. The zero-order chi connectivity index (χ0) is 17.4. The number of nitrogens with zero attached hydrogens (tertiary/aromatic N) is 1. The van der Waals surface area contributed by atoms with Crippen LogP contribution in [0.5, 0.6) is 0 Å². The molecule has 2 amide bonds. The first kappa shape index (κ1) is 16.6. The summed E-state index contributed by atoms with van der Waals surface area (Å²) in [6, 6.07) is 8.19. The molecular formula is C20H27N3O2. The average Bonchev–Trinajstić information content (AvgIpc) is 3.30. The lowest BCUT2D eigenvalue weighted by Gasteiger charge is -2.27. The lowest BCUT2D eigenvalue weighted by molar-refractivity contribution is -0.128. The second-order valence-electron chi connectivity index (χ2n) is 7.89. The van der Waals surface area contributed by atoms with Crippen LogP contribution >= 0.6 is 0 Å². The van der Waals surface area contributed by atoms with Gasteiger partial charge in [-0.3, -0.25) is 9.59 Å². The third-order valence-corrected chi connectivity index (χ3v) is 6.29. The van der Waals surface area contributed by atoms with E-state index in [2.05, 4.69) is 11.4 Å². The molecule has 5 heteroatoms. The Morgan fingerprint density at radius 2 is 2.04 bits per heavy atom. The zero-order valence-electron chi connectivity index (χ0n) is 14.6. The molecular weight excluding hydrogens is 314 g/mol. The summed E-state index contributed by atoms with van der Waals surface area (Å²) in [5.41, 5.74) is 8.47. The number of benzene rings is 1. The number of rotatable bonds is 5. The van der Waals surface area contributed by atoms with E-state index in [-0.39, 0.29) is 23.8 Å². The van der Waals surface area contributed by atoms with Gasteiger partial charge in [0.25, 0.3) is 0 Å². The maximum Gasteiger partial charge on any atom is 0.225 e. The fourth-order valence-electron chi connectivity index (χ4n) is 4.96. The highest BCUT2D eigenvalue weighted by Crippen LogP contribution is 2.47. The van der Waals surface area contributed by atoms with Gasteiger partial charge in [-0.05, 0) is 48.6 Å². The van der Waals surface area contributed by atoms with Crippen molar-refractivity contribution >= 4 is 11.8 Å². The van der Waals surface area contributed by atoms with Crippen LogP contribution in [0.4, 0.5) is 0 Å². The van der Waals surface area contributed by atoms with Gasteiger partial charge in [0, 0.05) is 32.1 Å². The van der Waals surface area contributed by atoms with Crippen molar-refractivity contribution < 1.29 is 9.59 Å². The molecule has 1 saturated heterocycles. The number of carbonyl (C=O) groups excluding carboxylic acids is 2. The van der Waals surface area contributed by atoms with Crippen LogP contribution in [0.25, 0.3) is 0 Å². The van der Waals surface area contributed by atoms with Gasteiger partial charge in [0.1, 0.15) is 0 Å². The van der Waals surface area contributed by atoms with Crippen LogP contribution in [-0.2, 0) is 22.7 Å². The third kappa shape index (κ3) is 3.30. The Morgan fingerprint density at radius 1 is 1.24 bits per heavy atom. The number of fused-ring (bicyclic) bond motifs is 2. The summed E-state index contributed by atoms with van der Waals surface area (Å²) in [5, 5.41) is 3.09. The molecule has 25 heavy (non-hydrogen) atoms. The monoisotopic (exact) mass is 341 g/mol. The van der Waals surface area contributed by atoms with E-state index in [4.69, 9.17) is 5.73 Å². The Bertz CT molecular complexity index is 673. The lowest BCUT2D eigenvalue weighted by atomic mass is 9.84. The Hall–Kier alpha value is -1.88. The maximum absolute atomic E-state index is 12.6. The number of likely N-dealkylation sites (tertiary alicyclic amines) is 1. The molecule has 1 aromatic carbocycles. The second-order valence-corrected chi connectivity index (χ2v) is 7.89. The van der Waals surface area contributed by atoms with Crippen molar-refractivity contribution in [2.24, 2.45) is 23.5 Å². The fourth-order valence-corrected chi connectivity index (χ4v) is 4.96. The molecule has 5 nitrogen and oxygen atoms in total. The Kier molecular flexibility index (Phi) is 4.50. The molecule has 2 bridgehead atoms. The number of nitrogens with one attached hydrogen (secondary N) is 1. The summed E-state index contributed by atoms with van der Waals surface area (Å²) in [6.07, 6.45) is 5.08. The predicted molar refractivity (Wildman–Crippen MR) is 95.2 cm³/mol. The van der Waals surface area contributed by atoms with Crippen LogP contribution in [0.1, 0.15) is 43.2 Å². The van der Waals surface area contributed by atoms with Crippen molar-refractivity contribution in [1.29, 1.82) is 0 Å². The number of amides is 2. The van der Waals surface area contributed by atoms with Gasteiger partial charge in [0.05, 0.1) is 5.92 Å². The maximum atomic E-state index is 12.6. The van der Waals surface area contributed by atoms with Gasteiger partial charge >= 0.3 is 0 Å². The first-order valence-corrected chi connectivity index (χ1v) is 9.50. The fraction of sp³-hybridized carbons (Fsp3) is 0.600. The highest BCUT2D eigenvalue weighted by molar-refractivity contribution is 5.80. The molecule has 2 saturated carbocycles. The van der Waals surface area contributed by atoms with Crippen LogP contribution in [0.3, 0.4) is 0 Å². The van der Waals surface area contributed by atoms with Crippen LogP contribution in [-0.4, -0.2) is 29.3 Å². The molecule has 0 radical (unpaired) electrons. The van der Waals surface area contributed by atoms with Crippen molar-refractivity contribution in [2.75, 3.05) is 6.54 Å². The predicted octanol–water partition coefficient (Wildman–Crippen LogP) is 1.80. The summed E-state index contributed by atoms with van der Waals surface area (Å²) in [4.78, 5) is 26.3. The third-order valence-electron chi connectivity index (χ3n) is 6.29.